The Morgan fingerprint density at radius 1 is 1.42 bits per heavy atom. The maximum atomic E-state index is 14.0. The molecule has 102 valence electrons. The summed E-state index contributed by atoms with van der Waals surface area (Å²) < 4.78 is 15.9. The first-order chi connectivity index (χ1) is 8.93. The summed E-state index contributed by atoms with van der Waals surface area (Å²) in [5, 5.41) is 14.8. The molecule has 1 aromatic carbocycles. The molecule has 1 aromatic heterocycles. The van der Waals surface area contributed by atoms with Gasteiger partial charge in [-0.05, 0) is 35.8 Å². The molecule has 0 aliphatic heterocycles. The summed E-state index contributed by atoms with van der Waals surface area (Å²) in [6.45, 7) is 3.83. The molecule has 0 aliphatic carbocycles. The molecule has 6 heteroatoms. The van der Waals surface area contributed by atoms with Crippen LogP contribution in [0.1, 0.15) is 37.3 Å². The van der Waals surface area contributed by atoms with E-state index in [9.17, 15) is 9.50 Å². The highest BCUT2D eigenvalue weighted by atomic mass is 79.9. The second-order valence-electron chi connectivity index (χ2n) is 4.46. The lowest BCUT2D eigenvalue weighted by Crippen LogP contribution is -2.13. The molecule has 1 heterocycles. The monoisotopic (exact) mass is 346 g/mol. The van der Waals surface area contributed by atoms with Crippen LogP contribution in [0.2, 0.25) is 5.02 Å². The van der Waals surface area contributed by atoms with Crippen LogP contribution in [-0.2, 0) is 0 Å². The molecule has 3 nitrogen and oxygen atoms in total. The van der Waals surface area contributed by atoms with Crippen LogP contribution in [0, 0.1) is 5.82 Å². The predicted octanol–water partition coefficient (Wildman–Crippen LogP) is 4.10. The lowest BCUT2D eigenvalue weighted by Gasteiger charge is -2.17. The number of aliphatic hydroxyl groups is 1. The van der Waals surface area contributed by atoms with Gasteiger partial charge in [0.2, 0.25) is 0 Å². The molecule has 0 bridgehead atoms. The molecule has 0 radical (unpaired) electrons. The summed E-state index contributed by atoms with van der Waals surface area (Å²) in [7, 11) is 0. The van der Waals surface area contributed by atoms with Crippen molar-refractivity contribution in [2.24, 2.45) is 0 Å². The summed E-state index contributed by atoms with van der Waals surface area (Å²) in [5.74, 6) is -0.498. The molecule has 0 spiro atoms. The van der Waals surface area contributed by atoms with Crippen molar-refractivity contribution in [1.82, 2.24) is 9.78 Å². The third-order valence-corrected chi connectivity index (χ3v) is 3.71. The number of aliphatic hydroxyl groups excluding tert-OH is 1. The molecule has 19 heavy (non-hydrogen) atoms. The fourth-order valence-corrected chi connectivity index (χ4v) is 2.51. The van der Waals surface area contributed by atoms with E-state index < -0.39 is 11.9 Å². The van der Waals surface area contributed by atoms with E-state index in [1.807, 2.05) is 13.8 Å². The minimum Gasteiger partial charge on any atom is -0.382 e. The van der Waals surface area contributed by atoms with Gasteiger partial charge in [0.05, 0.1) is 21.4 Å². The van der Waals surface area contributed by atoms with Crippen LogP contribution in [-0.4, -0.2) is 14.9 Å². The molecule has 1 atom stereocenters. The summed E-state index contributed by atoms with van der Waals surface area (Å²) in [4.78, 5) is 0. The Hall–Kier alpha value is -0.910. The average Bonchev–Trinajstić information content (AvgIpc) is 2.74. The van der Waals surface area contributed by atoms with Crippen molar-refractivity contribution in [2.75, 3.05) is 0 Å². The molecular weight excluding hydrogens is 335 g/mol. The van der Waals surface area contributed by atoms with E-state index >= 15 is 0 Å². The number of hydrogen-bond donors (Lipinski definition) is 1. The van der Waals surface area contributed by atoms with Crippen LogP contribution in [0.4, 0.5) is 4.39 Å². The second-order valence-corrected chi connectivity index (χ2v) is 5.72. The SMILES string of the molecule is CC(C)n1ncc(Cl)c1C(O)c1cccc(Br)c1F. The topological polar surface area (TPSA) is 38.0 Å². The van der Waals surface area contributed by atoms with Crippen molar-refractivity contribution in [3.8, 4) is 0 Å². The molecule has 0 saturated heterocycles. The summed E-state index contributed by atoms with van der Waals surface area (Å²) in [6.07, 6.45) is 0.297. The van der Waals surface area contributed by atoms with Crippen molar-refractivity contribution in [1.29, 1.82) is 0 Å². The zero-order chi connectivity index (χ0) is 14.2. The normalized spacial score (nSPS) is 13.0. The second kappa shape index (κ2) is 5.61. The predicted molar refractivity (Wildman–Crippen MR) is 75.8 cm³/mol. The quantitative estimate of drug-likeness (QED) is 0.907. The minimum atomic E-state index is -1.16. The summed E-state index contributed by atoms with van der Waals surface area (Å²) in [5.41, 5.74) is 0.562. The van der Waals surface area contributed by atoms with Gasteiger partial charge in [0, 0.05) is 11.6 Å². The Balaban J connectivity index is 2.53. The highest BCUT2D eigenvalue weighted by molar-refractivity contribution is 9.10. The highest BCUT2D eigenvalue weighted by Crippen LogP contribution is 2.33. The zero-order valence-electron chi connectivity index (χ0n) is 10.4. The molecule has 2 rings (SSSR count). The Kier molecular flexibility index (Phi) is 4.28. The minimum absolute atomic E-state index is 0.0207. The van der Waals surface area contributed by atoms with Gasteiger partial charge in [0.25, 0.3) is 0 Å². The van der Waals surface area contributed by atoms with Crippen molar-refractivity contribution in [3.63, 3.8) is 0 Å². The number of benzene rings is 1. The van der Waals surface area contributed by atoms with Crippen LogP contribution in [0.25, 0.3) is 0 Å². The van der Waals surface area contributed by atoms with Gasteiger partial charge in [-0.3, -0.25) is 4.68 Å². The maximum absolute atomic E-state index is 14.0. The van der Waals surface area contributed by atoms with Crippen molar-refractivity contribution in [2.45, 2.75) is 26.0 Å². The molecule has 0 aliphatic rings. The van der Waals surface area contributed by atoms with E-state index in [1.165, 1.54) is 12.3 Å². The van der Waals surface area contributed by atoms with Gasteiger partial charge in [0.15, 0.2) is 0 Å². The highest BCUT2D eigenvalue weighted by Gasteiger charge is 2.24. The van der Waals surface area contributed by atoms with Gasteiger partial charge in [-0.2, -0.15) is 5.10 Å². The van der Waals surface area contributed by atoms with Crippen LogP contribution >= 0.6 is 27.5 Å². The Morgan fingerprint density at radius 3 is 2.74 bits per heavy atom. The fourth-order valence-electron chi connectivity index (χ4n) is 1.90. The van der Waals surface area contributed by atoms with Gasteiger partial charge in [-0.15, -0.1) is 0 Å². The lowest BCUT2D eigenvalue weighted by molar-refractivity contribution is 0.200. The molecule has 2 aromatic rings. The van der Waals surface area contributed by atoms with Crippen LogP contribution < -0.4 is 0 Å². The van der Waals surface area contributed by atoms with Crippen molar-refractivity contribution in [3.05, 3.63) is 51.0 Å². The van der Waals surface area contributed by atoms with E-state index in [0.717, 1.165) is 0 Å². The molecule has 0 saturated carbocycles. The van der Waals surface area contributed by atoms with Gasteiger partial charge >= 0.3 is 0 Å². The van der Waals surface area contributed by atoms with Crippen LogP contribution in [0.5, 0.6) is 0 Å². The number of aromatic nitrogens is 2. The smallest absolute Gasteiger partial charge is 0.143 e. The fraction of sp³-hybridized carbons (Fsp3) is 0.308. The van der Waals surface area contributed by atoms with Gasteiger partial charge in [0.1, 0.15) is 11.9 Å². The van der Waals surface area contributed by atoms with E-state index in [4.69, 9.17) is 11.6 Å². The van der Waals surface area contributed by atoms with E-state index in [-0.39, 0.29) is 11.6 Å². The number of hydrogen-bond acceptors (Lipinski definition) is 2. The van der Waals surface area contributed by atoms with Gasteiger partial charge < -0.3 is 5.11 Å². The molecule has 1 N–H and O–H groups in total. The van der Waals surface area contributed by atoms with Crippen molar-refractivity contribution < 1.29 is 9.50 Å². The van der Waals surface area contributed by atoms with E-state index in [1.54, 1.807) is 16.8 Å². The molecule has 0 fully saturated rings. The Labute approximate surface area is 124 Å². The van der Waals surface area contributed by atoms with Crippen LogP contribution in [0.15, 0.2) is 28.9 Å². The first-order valence-corrected chi connectivity index (χ1v) is 6.95. The van der Waals surface area contributed by atoms with E-state index in [0.29, 0.717) is 15.2 Å². The largest absolute Gasteiger partial charge is 0.382 e. The number of halogens is 3. The first-order valence-electron chi connectivity index (χ1n) is 5.78. The lowest BCUT2D eigenvalue weighted by atomic mass is 10.1. The third kappa shape index (κ3) is 2.68. The average molecular weight is 348 g/mol. The number of rotatable bonds is 3. The summed E-state index contributed by atoms with van der Waals surface area (Å²) in [6, 6.07) is 4.79. The standard InChI is InChI=1S/C13H13BrClFN2O/c1-7(2)18-12(10(15)6-17-18)13(19)8-4-3-5-9(14)11(8)16/h3-7,13,19H,1-2H3. The summed E-state index contributed by atoms with van der Waals surface area (Å²) >= 11 is 9.15. The molecular formula is C13H13BrClFN2O. The zero-order valence-corrected chi connectivity index (χ0v) is 12.8. The van der Waals surface area contributed by atoms with Gasteiger partial charge in [-0.25, -0.2) is 4.39 Å². The Bertz CT molecular complexity index is 600. The number of nitrogens with zero attached hydrogens (tertiary/aromatic N) is 2. The first kappa shape index (κ1) is 14.5. The molecule has 0 amide bonds. The van der Waals surface area contributed by atoms with Gasteiger partial charge in [-0.1, -0.05) is 23.7 Å². The van der Waals surface area contributed by atoms with Crippen molar-refractivity contribution >= 4 is 27.5 Å². The molecule has 1 unspecified atom stereocenters. The maximum Gasteiger partial charge on any atom is 0.143 e. The van der Waals surface area contributed by atoms with Crippen LogP contribution in [0.3, 0.4) is 0 Å². The van der Waals surface area contributed by atoms with E-state index in [2.05, 4.69) is 21.0 Å². The Morgan fingerprint density at radius 2 is 2.11 bits per heavy atom. The third-order valence-electron chi connectivity index (χ3n) is 2.81.